The van der Waals surface area contributed by atoms with Gasteiger partial charge in [-0.15, -0.1) is 0 Å². The Bertz CT molecular complexity index is 3470. The number of nitrogens with zero attached hydrogens (tertiary/aromatic N) is 6. The second kappa shape index (κ2) is 31.4. The quantitative estimate of drug-likeness (QED) is 0.0821. The van der Waals surface area contributed by atoms with E-state index in [4.69, 9.17) is 19.7 Å². The number of fused-ring (bicyclic) bond motifs is 2. The van der Waals surface area contributed by atoms with Crippen LogP contribution in [0, 0.1) is 0 Å². The molecular weight excluding hydrogens is 1130 g/mol. The van der Waals surface area contributed by atoms with Gasteiger partial charge in [-0.2, -0.15) is 10.1 Å². The fourth-order valence-corrected chi connectivity index (χ4v) is 14.1. The van der Waals surface area contributed by atoms with Gasteiger partial charge in [-0.25, -0.2) is 20.1 Å². The van der Waals surface area contributed by atoms with Crippen molar-refractivity contribution in [3.63, 3.8) is 0 Å². The fraction of sp³-hybridized carbons (Fsp3) is 0.390. The van der Waals surface area contributed by atoms with Crippen LogP contribution < -0.4 is 10.1 Å². The van der Waals surface area contributed by atoms with Crippen molar-refractivity contribution in [3.05, 3.63) is 264 Å². The summed E-state index contributed by atoms with van der Waals surface area (Å²) in [6.45, 7) is 23.6. The number of para-hydroxylation sites is 4. The highest BCUT2D eigenvalue weighted by molar-refractivity contribution is 6.20. The Balaban J connectivity index is 0.000000157. The van der Waals surface area contributed by atoms with Gasteiger partial charge in [0.2, 0.25) is 0 Å². The summed E-state index contributed by atoms with van der Waals surface area (Å²) in [4.78, 5) is 23.2. The van der Waals surface area contributed by atoms with E-state index in [2.05, 4.69) is 176 Å². The average Bonchev–Trinajstić information content (AvgIpc) is 1.55. The van der Waals surface area contributed by atoms with E-state index in [0.717, 1.165) is 93.4 Å². The topological polar surface area (TPSA) is 96.6 Å². The van der Waals surface area contributed by atoms with Crippen LogP contribution in [0.15, 0.2) is 241 Å². The van der Waals surface area contributed by atoms with Crippen molar-refractivity contribution in [3.8, 4) is 0 Å². The molecule has 4 aliphatic heterocycles. The molecular formula is C82H102N6O4. The van der Waals surface area contributed by atoms with Crippen LogP contribution in [0.3, 0.4) is 0 Å². The van der Waals surface area contributed by atoms with Gasteiger partial charge in [0.1, 0.15) is 0 Å². The lowest BCUT2D eigenvalue weighted by Crippen LogP contribution is -2.58. The van der Waals surface area contributed by atoms with Crippen LogP contribution in [0.2, 0.25) is 0 Å². The summed E-state index contributed by atoms with van der Waals surface area (Å²) in [7, 11) is 0. The van der Waals surface area contributed by atoms with Crippen LogP contribution in [-0.2, 0) is 20.8 Å². The smallest absolute Gasteiger partial charge is 0.160 e. The molecule has 0 atom stereocenters. The van der Waals surface area contributed by atoms with Gasteiger partial charge in [0.25, 0.3) is 0 Å². The summed E-state index contributed by atoms with van der Waals surface area (Å²) in [6.07, 6.45) is 16.9. The molecule has 0 amide bonds. The molecule has 2 saturated heterocycles. The van der Waals surface area contributed by atoms with Crippen LogP contribution in [0.25, 0.3) is 0 Å². The first kappa shape index (κ1) is 68.8. The number of aliphatic imine (C=N–C) groups is 2. The van der Waals surface area contributed by atoms with Gasteiger partial charge < -0.3 is 5.21 Å². The summed E-state index contributed by atoms with van der Waals surface area (Å²) < 4.78 is 0. The first-order chi connectivity index (χ1) is 44.4. The summed E-state index contributed by atoms with van der Waals surface area (Å²) >= 11 is 0. The number of hydrogen-bond acceptors (Lipinski definition) is 10. The zero-order chi connectivity index (χ0) is 65.2. The predicted octanol–water partition coefficient (Wildman–Crippen LogP) is 21.0. The highest BCUT2D eigenvalue weighted by atomic mass is 16.7. The first-order valence-corrected chi connectivity index (χ1v) is 34.0. The Morgan fingerprint density at radius 1 is 0.359 bits per heavy atom. The predicted molar refractivity (Wildman–Crippen MR) is 382 cm³/mol. The second-order valence-corrected chi connectivity index (χ2v) is 27.5. The van der Waals surface area contributed by atoms with Crippen molar-refractivity contribution in [1.29, 1.82) is 0 Å². The van der Waals surface area contributed by atoms with Crippen LogP contribution in [0.4, 0.5) is 22.7 Å². The molecule has 8 aromatic carbocycles. The largest absolute Gasteiger partial charge is 0.313 e. The van der Waals surface area contributed by atoms with Crippen LogP contribution >= 0.6 is 0 Å². The lowest BCUT2D eigenvalue weighted by Gasteiger charge is -2.51. The zero-order valence-corrected chi connectivity index (χ0v) is 56.6. The standard InChI is InChI=1S/C32H32N2O.C26H20N2O.C15H31NO.C9H19NO/c1-2-3-4-16-25-35-34-30-24-15-14-23-29(30)31(33-28-21-12-7-13-22-28)32(34,26-17-8-5-9-18-26)27-19-10-6-11-20-27;29-28-24-19-11-10-18-23(24)25(27-22-16-8-3-9-17-22)26(28,20-12-4-1-5-13-20)21-14-6-2-7-15-21;1-6-7-8-9-13-17-16-14(2,3)11-10-12-15(16,4)5;1-8(2)6-5-7-9(3,4)10(8)11/h5-15,17-24H,2-4,16,25H2,1H3;1-19,29H;6-13H2,1-5H3;11H,5-7H2,1-4H3. The number of rotatable bonds is 18. The molecule has 2 fully saturated rings. The molecule has 0 radical (unpaired) electrons. The summed E-state index contributed by atoms with van der Waals surface area (Å²) in [5.74, 6) is 0. The molecule has 0 unspecified atom stereocenters. The number of benzene rings is 8. The molecule has 0 saturated carbocycles. The number of hydrogen-bond donors (Lipinski definition) is 2. The monoisotopic (exact) mass is 1230 g/mol. The lowest BCUT2D eigenvalue weighted by molar-refractivity contribution is -0.281. The summed E-state index contributed by atoms with van der Waals surface area (Å²) in [6, 6.07) is 77.9. The molecule has 4 aliphatic rings. The molecule has 0 spiro atoms. The number of hydroxylamine groups is 6. The molecule has 0 aromatic heterocycles. The SMILES string of the molecule is CC1(C)CCCC(C)(C)N1O.CCCCCCON1C(C)(C)CCCC1(C)C.CCCCCCON1c2ccccc2C(=Nc2ccccc2)C1(c1ccccc1)c1ccccc1.ON1c2ccccc2C(=Nc2ccccc2)C1(c1ccccc1)c1ccccc1. The maximum atomic E-state index is 11.6. The van der Waals surface area contributed by atoms with Crippen molar-refractivity contribution in [2.75, 3.05) is 23.3 Å². The van der Waals surface area contributed by atoms with Gasteiger partial charge in [-0.3, -0.25) is 14.9 Å². The Hall–Kier alpha value is -7.54. The Morgan fingerprint density at radius 2 is 0.685 bits per heavy atom. The Kier molecular flexibility index (Phi) is 23.5. The molecule has 10 nitrogen and oxygen atoms in total. The number of piperidine rings is 2. The van der Waals surface area contributed by atoms with Gasteiger partial charge in [0.05, 0.1) is 47.4 Å². The minimum absolute atomic E-state index is 0.0399. The van der Waals surface area contributed by atoms with Gasteiger partial charge in [0, 0.05) is 33.3 Å². The molecule has 0 aliphatic carbocycles. The summed E-state index contributed by atoms with van der Waals surface area (Å²) in [5, 5.41) is 28.7. The molecule has 10 heteroatoms. The Labute approximate surface area is 551 Å². The van der Waals surface area contributed by atoms with E-state index in [1.807, 2.05) is 133 Å². The Morgan fingerprint density at radius 3 is 1.09 bits per heavy atom. The van der Waals surface area contributed by atoms with E-state index in [9.17, 15) is 10.4 Å². The minimum Gasteiger partial charge on any atom is -0.313 e. The van der Waals surface area contributed by atoms with E-state index in [1.165, 1.54) is 80.8 Å². The molecule has 8 aromatic rings. The van der Waals surface area contributed by atoms with Crippen molar-refractivity contribution >= 4 is 34.2 Å². The maximum absolute atomic E-state index is 11.6. The second-order valence-electron chi connectivity index (χ2n) is 27.5. The molecule has 2 N–H and O–H groups in total. The van der Waals surface area contributed by atoms with Crippen molar-refractivity contribution in [1.82, 2.24) is 10.1 Å². The van der Waals surface area contributed by atoms with Crippen molar-refractivity contribution < 1.29 is 20.1 Å². The third kappa shape index (κ3) is 15.4. The molecule has 12 rings (SSSR count). The van der Waals surface area contributed by atoms with Gasteiger partial charge >= 0.3 is 0 Å². The van der Waals surface area contributed by atoms with E-state index >= 15 is 0 Å². The zero-order valence-electron chi connectivity index (χ0n) is 56.6. The lowest BCUT2D eigenvalue weighted by atomic mass is 9.78. The molecule has 4 heterocycles. The number of unbranched alkanes of at least 4 members (excludes halogenated alkanes) is 6. The maximum Gasteiger partial charge on any atom is 0.160 e. The number of anilines is 2. The van der Waals surface area contributed by atoms with Gasteiger partial charge in [-0.05, 0) is 165 Å². The molecule has 0 bridgehead atoms. The van der Waals surface area contributed by atoms with Crippen LogP contribution in [0.5, 0.6) is 0 Å². The minimum atomic E-state index is -0.942. The normalized spacial score (nSPS) is 18.9. The highest BCUT2D eigenvalue weighted by Gasteiger charge is 2.54. The molecule has 92 heavy (non-hydrogen) atoms. The van der Waals surface area contributed by atoms with Crippen LogP contribution in [0.1, 0.15) is 193 Å². The van der Waals surface area contributed by atoms with Crippen molar-refractivity contribution in [2.45, 2.75) is 192 Å². The van der Waals surface area contributed by atoms with Crippen molar-refractivity contribution in [2.24, 2.45) is 9.98 Å². The van der Waals surface area contributed by atoms with Crippen LogP contribution in [-0.4, -0.2) is 67.3 Å². The van der Waals surface area contributed by atoms with E-state index < -0.39 is 11.1 Å². The van der Waals surface area contributed by atoms with Gasteiger partial charge in [0.15, 0.2) is 11.1 Å². The first-order valence-electron chi connectivity index (χ1n) is 34.0. The van der Waals surface area contributed by atoms with E-state index in [-0.39, 0.29) is 22.2 Å². The van der Waals surface area contributed by atoms with Gasteiger partial charge in [-0.1, -0.05) is 246 Å². The van der Waals surface area contributed by atoms with E-state index in [0.29, 0.717) is 6.61 Å². The summed E-state index contributed by atoms with van der Waals surface area (Å²) in [5.41, 5.74) is 10.2. The average molecular weight is 1240 g/mol. The third-order valence-corrected chi connectivity index (χ3v) is 18.7. The molecule has 484 valence electrons. The third-order valence-electron chi connectivity index (χ3n) is 18.7. The van der Waals surface area contributed by atoms with E-state index in [1.54, 1.807) is 0 Å². The highest BCUT2D eigenvalue weighted by Crippen LogP contribution is 2.52. The fourth-order valence-electron chi connectivity index (χ4n) is 14.1.